The number of nitrogens with one attached hydrogen (secondary N) is 1. The normalized spacial score (nSPS) is 10.9. The topological polar surface area (TPSA) is 42.0 Å². The molecule has 3 nitrogen and oxygen atoms in total. The molecule has 0 unspecified atom stereocenters. The summed E-state index contributed by atoms with van der Waals surface area (Å²) in [6, 6.07) is 22.6. The van der Waals surface area contributed by atoms with Crippen molar-refractivity contribution in [3.63, 3.8) is 0 Å². The quantitative estimate of drug-likeness (QED) is 0.528. The van der Waals surface area contributed by atoms with Crippen LogP contribution in [0.5, 0.6) is 0 Å². The van der Waals surface area contributed by atoms with Crippen molar-refractivity contribution in [2.75, 3.05) is 0 Å². The third-order valence-corrected chi connectivity index (χ3v) is 5.31. The zero-order chi connectivity index (χ0) is 18.6. The highest BCUT2D eigenvalue weighted by Crippen LogP contribution is 2.22. The SMILES string of the molecule is Cc1nc(-c2ccc(CNC(=O)Cc3ccc4ccccc4c3)cc2)cs1. The van der Waals surface area contributed by atoms with Crippen LogP contribution in [0.2, 0.25) is 0 Å². The van der Waals surface area contributed by atoms with Gasteiger partial charge in [0.1, 0.15) is 0 Å². The molecule has 4 heteroatoms. The van der Waals surface area contributed by atoms with Gasteiger partial charge in [-0.05, 0) is 28.8 Å². The van der Waals surface area contributed by atoms with Gasteiger partial charge in [0.15, 0.2) is 0 Å². The van der Waals surface area contributed by atoms with Crippen LogP contribution in [0, 0.1) is 6.92 Å². The Kier molecular flexibility index (Phi) is 4.99. The van der Waals surface area contributed by atoms with Crippen LogP contribution < -0.4 is 5.32 Å². The third-order valence-electron chi connectivity index (χ3n) is 4.54. The monoisotopic (exact) mass is 372 g/mol. The Hall–Kier alpha value is -2.98. The maximum Gasteiger partial charge on any atom is 0.224 e. The number of fused-ring (bicyclic) bond motifs is 1. The Morgan fingerprint density at radius 2 is 1.70 bits per heavy atom. The summed E-state index contributed by atoms with van der Waals surface area (Å²) >= 11 is 1.65. The molecule has 0 saturated heterocycles. The highest BCUT2D eigenvalue weighted by Gasteiger charge is 2.06. The lowest BCUT2D eigenvalue weighted by atomic mass is 10.0. The van der Waals surface area contributed by atoms with Gasteiger partial charge in [0, 0.05) is 17.5 Å². The number of carbonyl (C=O) groups excluding carboxylic acids is 1. The van der Waals surface area contributed by atoms with Gasteiger partial charge in [-0.15, -0.1) is 11.3 Å². The largest absolute Gasteiger partial charge is 0.352 e. The lowest BCUT2D eigenvalue weighted by Gasteiger charge is -2.07. The van der Waals surface area contributed by atoms with Gasteiger partial charge in [0.2, 0.25) is 5.91 Å². The smallest absolute Gasteiger partial charge is 0.224 e. The molecule has 1 heterocycles. The molecule has 4 rings (SSSR count). The van der Waals surface area contributed by atoms with Crippen LogP contribution in [-0.2, 0) is 17.8 Å². The van der Waals surface area contributed by atoms with Gasteiger partial charge in [-0.1, -0.05) is 66.7 Å². The van der Waals surface area contributed by atoms with Crippen LogP contribution in [-0.4, -0.2) is 10.9 Å². The minimum Gasteiger partial charge on any atom is -0.352 e. The van der Waals surface area contributed by atoms with Crippen LogP contribution in [0.25, 0.3) is 22.0 Å². The van der Waals surface area contributed by atoms with Crippen molar-refractivity contribution in [3.8, 4) is 11.3 Å². The molecule has 0 bridgehead atoms. The molecule has 1 aromatic heterocycles. The molecular weight excluding hydrogens is 352 g/mol. The molecule has 0 radical (unpaired) electrons. The molecule has 0 atom stereocenters. The second-order valence-electron chi connectivity index (χ2n) is 6.58. The zero-order valence-electron chi connectivity index (χ0n) is 15.1. The standard InChI is InChI=1S/C23H20N2OS/c1-16-25-22(15-27-16)20-10-6-17(7-11-20)14-24-23(26)13-18-8-9-19-4-2-3-5-21(19)12-18/h2-12,15H,13-14H2,1H3,(H,24,26). The van der Waals surface area contributed by atoms with Crippen LogP contribution >= 0.6 is 11.3 Å². The van der Waals surface area contributed by atoms with Crippen molar-refractivity contribution in [1.82, 2.24) is 10.3 Å². The third kappa shape index (κ3) is 4.23. The van der Waals surface area contributed by atoms with E-state index in [0.29, 0.717) is 13.0 Å². The first kappa shape index (κ1) is 17.4. The summed E-state index contributed by atoms with van der Waals surface area (Å²) < 4.78 is 0. The Labute approximate surface area is 162 Å². The van der Waals surface area contributed by atoms with Gasteiger partial charge in [-0.25, -0.2) is 4.98 Å². The van der Waals surface area contributed by atoms with Crippen LogP contribution in [0.1, 0.15) is 16.1 Å². The summed E-state index contributed by atoms with van der Waals surface area (Å²) in [5, 5.41) is 8.49. The van der Waals surface area contributed by atoms with Crippen molar-refractivity contribution in [2.45, 2.75) is 19.9 Å². The Bertz CT molecular complexity index is 1080. The highest BCUT2D eigenvalue weighted by atomic mass is 32.1. The molecule has 1 N–H and O–H groups in total. The Balaban J connectivity index is 1.35. The first-order valence-corrected chi connectivity index (χ1v) is 9.81. The number of amides is 1. The van der Waals surface area contributed by atoms with Crippen molar-refractivity contribution in [2.24, 2.45) is 0 Å². The van der Waals surface area contributed by atoms with Crippen molar-refractivity contribution in [1.29, 1.82) is 0 Å². The van der Waals surface area contributed by atoms with Crippen molar-refractivity contribution < 1.29 is 4.79 Å². The fraction of sp³-hybridized carbons (Fsp3) is 0.130. The fourth-order valence-electron chi connectivity index (χ4n) is 3.09. The van der Waals surface area contributed by atoms with Gasteiger partial charge >= 0.3 is 0 Å². The van der Waals surface area contributed by atoms with Crippen molar-refractivity contribution >= 4 is 28.0 Å². The number of rotatable bonds is 5. The van der Waals surface area contributed by atoms with E-state index in [4.69, 9.17) is 0 Å². The van der Waals surface area contributed by atoms with Gasteiger partial charge < -0.3 is 5.32 Å². The minimum atomic E-state index is 0.0319. The summed E-state index contributed by atoms with van der Waals surface area (Å²) in [5.74, 6) is 0.0319. The van der Waals surface area contributed by atoms with E-state index >= 15 is 0 Å². The lowest BCUT2D eigenvalue weighted by molar-refractivity contribution is -0.120. The molecule has 4 aromatic rings. The minimum absolute atomic E-state index is 0.0319. The van der Waals surface area contributed by atoms with Crippen LogP contribution in [0.4, 0.5) is 0 Å². The molecule has 134 valence electrons. The lowest BCUT2D eigenvalue weighted by Crippen LogP contribution is -2.24. The number of hydrogen-bond donors (Lipinski definition) is 1. The summed E-state index contributed by atoms with van der Waals surface area (Å²) in [5.41, 5.74) is 4.22. The van der Waals surface area contributed by atoms with E-state index in [1.54, 1.807) is 11.3 Å². The summed E-state index contributed by atoms with van der Waals surface area (Å²) in [4.78, 5) is 16.8. The van der Waals surface area contributed by atoms with E-state index in [9.17, 15) is 4.79 Å². The molecule has 27 heavy (non-hydrogen) atoms. The number of carbonyl (C=O) groups is 1. The summed E-state index contributed by atoms with van der Waals surface area (Å²) in [7, 11) is 0. The predicted molar refractivity (Wildman–Crippen MR) is 112 cm³/mol. The maximum atomic E-state index is 12.3. The van der Waals surface area contributed by atoms with E-state index in [0.717, 1.165) is 32.8 Å². The van der Waals surface area contributed by atoms with E-state index in [1.807, 2.05) is 37.3 Å². The van der Waals surface area contributed by atoms with Gasteiger partial charge in [0.25, 0.3) is 0 Å². The first-order chi connectivity index (χ1) is 13.2. The van der Waals surface area contributed by atoms with Crippen molar-refractivity contribution in [3.05, 3.63) is 88.2 Å². The average molecular weight is 372 g/mol. The van der Waals surface area contributed by atoms with E-state index < -0.39 is 0 Å². The molecule has 0 saturated carbocycles. The predicted octanol–water partition coefficient (Wildman–Crippen LogP) is 5.13. The van der Waals surface area contributed by atoms with Crippen LogP contribution in [0.15, 0.2) is 72.1 Å². The number of aromatic nitrogens is 1. The average Bonchev–Trinajstić information content (AvgIpc) is 3.13. The van der Waals surface area contributed by atoms with Gasteiger partial charge in [-0.2, -0.15) is 0 Å². The maximum absolute atomic E-state index is 12.3. The second-order valence-corrected chi connectivity index (χ2v) is 7.65. The Morgan fingerprint density at radius 1 is 0.963 bits per heavy atom. The van der Waals surface area contributed by atoms with E-state index in [1.165, 1.54) is 5.39 Å². The molecule has 3 aromatic carbocycles. The first-order valence-electron chi connectivity index (χ1n) is 8.93. The fourth-order valence-corrected chi connectivity index (χ4v) is 3.71. The van der Waals surface area contributed by atoms with E-state index in [2.05, 4.69) is 52.1 Å². The highest BCUT2D eigenvalue weighted by molar-refractivity contribution is 7.09. The zero-order valence-corrected chi connectivity index (χ0v) is 15.9. The second kappa shape index (κ2) is 7.72. The molecule has 0 fully saturated rings. The number of hydrogen-bond acceptors (Lipinski definition) is 3. The number of nitrogens with zero attached hydrogens (tertiary/aromatic N) is 1. The van der Waals surface area contributed by atoms with Gasteiger partial charge in [-0.3, -0.25) is 4.79 Å². The molecule has 0 aliphatic heterocycles. The molecule has 1 amide bonds. The van der Waals surface area contributed by atoms with Gasteiger partial charge in [0.05, 0.1) is 17.1 Å². The summed E-state index contributed by atoms with van der Waals surface area (Å²) in [6.07, 6.45) is 0.390. The summed E-state index contributed by atoms with van der Waals surface area (Å²) in [6.45, 7) is 2.54. The molecule has 0 spiro atoms. The van der Waals surface area contributed by atoms with Crippen LogP contribution in [0.3, 0.4) is 0 Å². The molecule has 0 aliphatic rings. The number of benzene rings is 3. The van der Waals surface area contributed by atoms with E-state index in [-0.39, 0.29) is 5.91 Å². The number of aryl methyl sites for hydroxylation is 1. The molecule has 0 aliphatic carbocycles. The Morgan fingerprint density at radius 3 is 2.44 bits per heavy atom. The number of thiazole rings is 1. The molecular formula is C23H20N2OS.